The van der Waals surface area contributed by atoms with Crippen molar-refractivity contribution >= 4 is 38.3 Å². The first kappa shape index (κ1) is 28.9. The molecule has 214 valence electrons. The summed E-state index contributed by atoms with van der Waals surface area (Å²) in [6, 6.07) is 18.6. The number of likely N-dealkylation sites (tertiary alicyclic amines) is 1. The monoisotopic (exact) mass is 583 g/mol. The summed E-state index contributed by atoms with van der Waals surface area (Å²) in [6.07, 6.45) is 5.68. The maximum Gasteiger partial charge on any atom is 0.251 e. The number of rotatable bonds is 9. The van der Waals surface area contributed by atoms with Crippen LogP contribution in [0.25, 0.3) is 10.8 Å². The van der Waals surface area contributed by atoms with Crippen LogP contribution in [0.2, 0.25) is 5.02 Å². The van der Waals surface area contributed by atoms with E-state index in [1.54, 1.807) is 30.3 Å². The number of piperidine rings is 2. The van der Waals surface area contributed by atoms with Gasteiger partial charge in [0.2, 0.25) is 10.0 Å². The Kier molecular flexibility index (Phi) is 9.31. The van der Waals surface area contributed by atoms with Crippen LogP contribution in [-0.2, 0) is 10.0 Å². The van der Waals surface area contributed by atoms with Crippen LogP contribution in [0.15, 0.2) is 65.6 Å². The maximum absolute atomic E-state index is 13.4. The van der Waals surface area contributed by atoms with Crippen molar-refractivity contribution in [2.45, 2.75) is 62.5 Å². The van der Waals surface area contributed by atoms with Crippen LogP contribution in [0, 0.1) is 0 Å². The van der Waals surface area contributed by atoms with Gasteiger partial charge in [0.25, 0.3) is 5.91 Å². The van der Waals surface area contributed by atoms with Crippen molar-refractivity contribution in [3.63, 3.8) is 0 Å². The SMILES string of the molecule is CC1CCCCN1CCCNC(=O)c1ccc(OC2CCN(S(=O)(=O)c3cccc4ccccc34)CC2)c(Cl)c1. The van der Waals surface area contributed by atoms with Gasteiger partial charge < -0.3 is 15.0 Å². The van der Waals surface area contributed by atoms with E-state index in [0.717, 1.165) is 30.3 Å². The zero-order valence-corrected chi connectivity index (χ0v) is 24.6. The van der Waals surface area contributed by atoms with Gasteiger partial charge in [-0.2, -0.15) is 4.31 Å². The Morgan fingerprint density at radius 2 is 1.77 bits per heavy atom. The van der Waals surface area contributed by atoms with Crippen LogP contribution < -0.4 is 10.1 Å². The third-order valence-corrected chi connectivity index (χ3v) is 10.4. The van der Waals surface area contributed by atoms with E-state index in [1.807, 2.05) is 30.3 Å². The fourth-order valence-corrected chi connectivity index (χ4v) is 7.65. The summed E-state index contributed by atoms with van der Waals surface area (Å²) in [6.45, 7) is 5.77. The minimum absolute atomic E-state index is 0.146. The number of hydrogen-bond acceptors (Lipinski definition) is 5. The molecule has 40 heavy (non-hydrogen) atoms. The van der Waals surface area contributed by atoms with Gasteiger partial charge >= 0.3 is 0 Å². The van der Waals surface area contributed by atoms with Gasteiger partial charge in [-0.3, -0.25) is 4.79 Å². The van der Waals surface area contributed by atoms with Crippen LogP contribution in [-0.4, -0.2) is 68.4 Å². The molecule has 2 aliphatic rings. The summed E-state index contributed by atoms with van der Waals surface area (Å²) < 4.78 is 34.5. The van der Waals surface area contributed by atoms with Gasteiger partial charge in [-0.05, 0) is 75.2 Å². The molecule has 5 rings (SSSR count). The Morgan fingerprint density at radius 1 is 1.00 bits per heavy atom. The zero-order chi connectivity index (χ0) is 28.1. The summed E-state index contributed by atoms with van der Waals surface area (Å²) in [5.41, 5.74) is 0.500. The highest BCUT2D eigenvalue weighted by Gasteiger charge is 2.31. The molecule has 1 atom stereocenters. The van der Waals surface area contributed by atoms with E-state index in [9.17, 15) is 13.2 Å². The predicted molar refractivity (Wildman–Crippen MR) is 160 cm³/mol. The quantitative estimate of drug-likeness (QED) is 0.326. The number of sulfonamides is 1. The number of fused-ring (bicyclic) bond motifs is 1. The number of hydrogen-bond donors (Lipinski definition) is 1. The molecule has 2 heterocycles. The Morgan fingerprint density at radius 3 is 2.55 bits per heavy atom. The second-order valence-electron chi connectivity index (χ2n) is 10.8. The molecule has 1 N–H and O–H groups in total. The number of ether oxygens (including phenoxy) is 1. The number of nitrogens with zero attached hydrogens (tertiary/aromatic N) is 2. The van der Waals surface area contributed by atoms with E-state index >= 15 is 0 Å². The largest absolute Gasteiger partial charge is 0.489 e. The van der Waals surface area contributed by atoms with Gasteiger partial charge in [0.1, 0.15) is 11.9 Å². The molecule has 0 saturated carbocycles. The normalized spacial score (nSPS) is 19.5. The second kappa shape index (κ2) is 12.9. The summed E-state index contributed by atoms with van der Waals surface area (Å²) >= 11 is 6.49. The summed E-state index contributed by atoms with van der Waals surface area (Å²) in [4.78, 5) is 15.5. The van der Waals surface area contributed by atoms with Crippen LogP contribution in [0.1, 0.15) is 55.8 Å². The first-order valence-corrected chi connectivity index (χ1v) is 16.1. The van der Waals surface area contributed by atoms with Crippen LogP contribution >= 0.6 is 11.6 Å². The van der Waals surface area contributed by atoms with Crippen LogP contribution in [0.4, 0.5) is 0 Å². The van der Waals surface area contributed by atoms with Crippen LogP contribution in [0.3, 0.4) is 0 Å². The second-order valence-corrected chi connectivity index (χ2v) is 13.1. The lowest BCUT2D eigenvalue weighted by Crippen LogP contribution is -2.41. The number of halogens is 1. The van der Waals surface area contributed by atoms with Crippen molar-refractivity contribution in [2.75, 3.05) is 32.7 Å². The third-order valence-electron chi connectivity index (χ3n) is 8.10. The van der Waals surface area contributed by atoms with E-state index in [-0.39, 0.29) is 12.0 Å². The fraction of sp³-hybridized carbons (Fsp3) is 0.452. The van der Waals surface area contributed by atoms with Crippen LogP contribution in [0.5, 0.6) is 5.75 Å². The van der Waals surface area contributed by atoms with Gasteiger partial charge in [-0.1, -0.05) is 54.4 Å². The highest BCUT2D eigenvalue weighted by Crippen LogP contribution is 2.31. The van der Waals surface area contributed by atoms with Gasteiger partial charge in [0.15, 0.2) is 0 Å². The summed E-state index contributed by atoms with van der Waals surface area (Å²) in [5, 5.41) is 5.01. The van der Waals surface area contributed by atoms with E-state index in [1.165, 1.54) is 23.6 Å². The Bertz CT molecular complexity index is 1430. The summed E-state index contributed by atoms with van der Waals surface area (Å²) in [7, 11) is -3.62. The molecule has 9 heteroatoms. The molecule has 7 nitrogen and oxygen atoms in total. The van der Waals surface area contributed by atoms with E-state index < -0.39 is 10.0 Å². The van der Waals surface area contributed by atoms with E-state index in [2.05, 4.69) is 17.1 Å². The first-order chi connectivity index (χ1) is 19.3. The predicted octanol–water partition coefficient (Wildman–Crippen LogP) is 5.72. The zero-order valence-electron chi connectivity index (χ0n) is 23.0. The molecule has 1 unspecified atom stereocenters. The topological polar surface area (TPSA) is 79.0 Å². The van der Waals surface area contributed by atoms with Crippen molar-refractivity contribution in [1.82, 2.24) is 14.5 Å². The lowest BCUT2D eigenvalue weighted by Gasteiger charge is -2.33. The van der Waals surface area contributed by atoms with Gasteiger partial charge in [0, 0.05) is 43.2 Å². The third kappa shape index (κ3) is 6.62. The molecular formula is C31H38ClN3O4S. The Hall–Kier alpha value is -2.65. The molecular weight excluding hydrogens is 546 g/mol. The van der Waals surface area contributed by atoms with E-state index in [0.29, 0.717) is 59.7 Å². The summed E-state index contributed by atoms with van der Waals surface area (Å²) in [5.74, 6) is 0.361. The number of carbonyl (C=O) groups excluding carboxylic acids is 1. The van der Waals surface area contributed by atoms with Crippen molar-refractivity contribution in [3.05, 3.63) is 71.2 Å². The van der Waals surface area contributed by atoms with Crippen molar-refractivity contribution in [1.29, 1.82) is 0 Å². The van der Waals surface area contributed by atoms with Crippen molar-refractivity contribution < 1.29 is 17.9 Å². The molecule has 2 saturated heterocycles. The highest BCUT2D eigenvalue weighted by atomic mass is 35.5. The lowest BCUT2D eigenvalue weighted by molar-refractivity contribution is 0.0948. The van der Waals surface area contributed by atoms with Crippen molar-refractivity contribution in [2.24, 2.45) is 0 Å². The van der Waals surface area contributed by atoms with E-state index in [4.69, 9.17) is 16.3 Å². The molecule has 0 aromatic heterocycles. The number of benzene rings is 3. The molecule has 0 spiro atoms. The Labute approximate surface area is 242 Å². The standard InChI is InChI=1S/C31H38ClN3O4S/c1-23-8-4-5-18-34(23)19-7-17-33-31(36)25-13-14-29(28(32)22-25)39-26-15-20-35(21-16-26)40(37,38)30-12-6-10-24-9-2-3-11-27(24)30/h2-3,6,9-14,22-23,26H,4-5,7-8,15-21H2,1H3,(H,33,36). The number of amides is 1. The van der Waals surface area contributed by atoms with Gasteiger partial charge in [-0.25, -0.2) is 8.42 Å². The minimum Gasteiger partial charge on any atom is -0.489 e. The average molecular weight is 584 g/mol. The van der Waals surface area contributed by atoms with Gasteiger partial charge in [0.05, 0.1) is 9.92 Å². The Balaban J connectivity index is 1.12. The number of nitrogens with one attached hydrogen (secondary N) is 1. The average Bonchev–Trinajstić information content (AvgIpc) is 2.97. The molecule has 2 fully saturated rings. The number of carbonyl (C=O) groups is 1. The molecule has 3 aromatic carbocycles. The smallest absolute Gasteiger partial charge is 0.251 e. The molecule has 2 aliphatic heterocycles. The molecule has 1 amide bonds. The minimum atomic E-state index is -3.62. The lowest BCUT2D eigenvalue weighted by atomic mass is 10.0. The molecule has 0 radical (unpaired) electrons. The van der Waals surface area contributed by atoms with Gasteiger partial charge in [-0.15, -0.1) is 0 Å². The maximum atomic E-state index is 13.4. The molecule has 3 aromatic rings. The highest BCUT2D eigenvalue weighted by molar-refractivity contribution is 7.89. The molecule has 0 bridgehead atoms. The molecule has 0 aliphatic carbocycles. The fourth-order valence-electron chi connectivity index (χ4n) is 5.74. The van der Waals surface area contributed by atoms with Crippen molar-refractivity contribution in [3.8, 4) is 5.75 Å². The first-order valence-electron chi connectivity index (χ1n) is 14.3.